The van der Waals surface area contributed by atoms with Crippen molar-refractivity contribution in [1.29, 1.82) is 0 Å². The molecule has 0 aliphatic rings. The monoisotopic (exact) mass is 376 g/mol. The van der Waals surface area contributed by atoms with E-state index < -0.39 is 5.95 Å². The Kier molecular flexibility index (Phi) is 4.50. The van der Waals surface area contributed by atoms with Gasteiger partial charge in [0, 0.05) is 18.9 Å². The fraction of sp³-hybridized carbons (Fsp3) is 0.0556. The molecular formula is C18H13FN8O. The Morgan fingerprint density at radius 2 is 1.82 bits per heavy atom. The van der Waals surface area contributed by atoms with E-state index in [9.17, 15) is 4.39 Å². The minimum Gasteiger partial charge on any atom is -0.333 e. The first-order chi connectivity index (χ1) is 13.6. The van der Waals surface area contributed by atoms with Gasteiger partial charge in [-0.2, -0.15) is 24.3 Å². The van der Waals surface area contributed by atoms with Crippen LogP contribution in [0.4, 0.5) is 22.0 Å². The fourth-order valence-corrected chi connectivity index (χ4v) is 2.38. The molecule has 138 valence electrons. The van der Waals surface area contributed by atoms with Crippen LogP contribution in [0.3, 0.4) is 0 Å². The molecule has 9 nitrogen and oxygen atoms in total. The first-order valence-corrected chi connectivity index (χ1v) is 8.11. The number of aromatic nitrogens is 6. The summed E-state index contributed by atoms with van der Waals surface area (Å²) in [6.45, 7) is 3.47. The molecule has 0 aliphatic carbocycles. The molecule has 10 heteroatoms. The Morgan fingerprint density at radius 1 is 1.00 bits per heavy atom. The third-order valence-electron chi connectivity index (χ3n) is 3.80. The van der Waals surface area contributed by atoms with Gasteiger partial charge in [0.2, 0.25) is 23.5 Å². The summed E-state index contributed by atoms with van der Waals surface area (Å²) in [4.78, 5) is 26.2. The van der Waals surface area contributed by atoms with Gasteiger partial charge >= 0.3 is 0 Å². The fourth-order valence-electron chi connectivity index (χ4n) is 2.38. The summed E-state index contributed by atoms with van der Waals surface area (Å²) >= 11 is 0. The van der Waals surface area contributed by atoms with Crippen LogP contribution in [-0.2, 0) is 0 Å². The van der Waals surface area contributed by atoms with E-state index in [1.54, 1.807) is 4.90 Å². The first-order valence-electron chi connectivity index (χ1n) is 8.11. The Labute approximate surface area is 158 Å². The molecule has 28 heavy (non-hydrogen) atoms. The summed E-state index contributed by atoms with van der Waals surface area (Å²) in [6, 6.07) is 12.2. The lowest BCUT2D eigenvalue weighted by Crippen LogP contribution is -2.14. The van der Waals surface area contributed by atoms with Crippen LogP contribution in [0.1, 0.15) is 0 Å². The molecule has 0 atom stereocenters. The third-order valence-corrected chi connectivity index (χ3v) is 3.80. The van der Waals surface area contributed by atoms with Crippen molar-refractivity contribution in [2.24, 2.45) is 4.99 Å². The minimum absolute atomic E-state index is 0.123. The largest absolute Gasteiger partial charge is 0.333 e. The van der Waals surface area contributed by atoms with E-state index in [-0.39, 0.29) is 23.5 Å². The van der Waals surface area contributed by atoms with Gasteiger partial charge in [0.1, 0.15) is 0 Å². The van der Waals surface area contributed by atoms with Crippen LogP contribution >= 0.6 is 0 Å². The lowest BCUT2D eigenvalue weighted by atomic mass is 10.3. The van der Waals surface area contributed by atoms with Crippen LogP contribution in [0.25, 0.3) is 23.1 Å². The number of pyridine rings is 1. The number of nitrogens with zero attached hydrogens (tertiary/aromatic N) is 8. The normalized spacial score (nSPS) is 10.6. The molecular weight excluding hydrogens is 363 g/mol. The number of hydrogen-bond acceptors (Lipinski definition) is 9. The van der Waals surface area contributed by atoms with Crippen LogP contribution in [-0.4, -0.2) is 43.8 Å². The summed E-state index contributed by atoms with van der Waals surface area (Å²) in [5.74, 6) is 0.325. The summed E-state index contributed by atoms with van der Waals surface area (Å²) in [6.07, 6.45) is 1.30. The molecule has 0 amide bonds. The Bertz CT molecular complexity index is 1110. The zero-order valence-electron chi connectivity index (χ0n) is 14.7. The van der Waals surface area contributed by atoms with Crippen molar-refractivity contribution < 1.29 is 8.91 Å². The van der Waals surface area contributed by atoms with Gasteiger partial charge < -0.3 is 9.42 Å². The number of anilines is 2. The van der Waals surface area contributed by atoms with E-state index in [0.29, 0.717) is 11.5 Å². The second kappa shape index (κ2) is 7.27. The molecule has 0 unspecified atom stereocenters. The maximum Gasteiger partial charge on any atom is 0.259 e. The standard InChI is InChI=1S/C18H13FN8O/c1-20-17-23-14(24-18(25-17)27(2)12-6-4-3-5-7-12)15-22-16(28-26-15)11-8-9-13(19)21-10-11/h3-10H,1H2,2H3. The number of hydrogen-bond donors (Lipinski definition) is 0. The Balaban J connectivity index is 1.72. The predicted octanol–water partition coefficient (Wildman–Crippen LogP) is 3.22. The number of aliphatic imine (C=N–C) groups is 1. The number of para-hydroxylation sites is 1. The second-order valence-corrected chi connectivity index (χ2v) is 5.60. The molecule has 1 aromatic carbocycles. The van der Waals surface area contributed by atoms with E-state index in [1.165, 1.54) is 18.3 Å². The summed E-state index contributed by atoms with van der Waals surface area (Å²) in [5.41, 5.74) is 1.35. The van der Waals surface area contributed by atoms with Crippen molar-refractivity contribution in [2.75, 3.05) is 11.9 Å². The maximum atomic E-state index is 13.0. The number of rotatable bonds is 5. The van der Waals surface area contributed by atoms with Gasteiger partial charge in [-0.15, -0.1) is 0 Å². The van der Waals surface area contributed by atoms with Gasteiger partial charge in [-0.3, -0.25) is 0 Å². The van der Waals surface area contributed by atoms with E-state index in [4.69, 9.17) is 4.52 Å². The van der Waals surface area contributed by atoms with Crippen molar-refractivity contribution in [3.63, 3.8) is 0 Å². The highest BCUT2D eigenvalue weighted by Crippen LogP contribution is 2.25. The summed E-state index contributed by atoms with van der Waals surface area (Å²) in [5, 5.41) is 3.89. The average molecular weight is 376 g/mol. The smallest absolute Gasteiger partial charge is 0.259 e. The third kappa shape index (κ3) is 3.43. The molecule has 0 aliphatic heterocycles. The van der Waals surface area contributed by atoms with Gasteiger partial charge in [0.25, 0.3) is 11.8 Å². The molecule has 3 aromatic heterocycles. The molecule has 0 spiro atoms. The van der Waals surface area contributed by atoms with E-state index in [0.717, 1.165) is 5.69 Å². The maximum absolute atomic E-state index is 13.0. The predicted molar refractivity (Wildman–Crippen MR) is 100 cm³/mol. The lowest BCUT2D eigenvalue weighted by Gasteiger charge is -2.17. The van der Waals surface area contributed by atoms with Gasteiger partial charge in [-0.25, -0.2) is 9.98 Å². The highest BCUT2D eigenvalue weighted by atomic mass is 19.1. The van der Waals surface area contributed by atoms with Crippen LogP contribution in [0.5, 0.6) is 0 Å². The average Bonchev–Trinajstić information content (AvgIpc) is 3.24. The molecule has 0 bridgehead atoms. The van der Waals surface area contributed by atoms with Crippen LogP contribution < -0.4 is 4.90 Å². The quantitative estimate of drug-likeness (QED) is 0.386. The molecule has 0 saturated heterocycles. The van der Waals surface area contributed by atoms with Crippen molar-refractivity contribution in [2.45, 2.75) is 0 Å². The highest BCUT2D eigenvalue weighted by Gasteiger charge is 2.18. The van der Waals surface area contributed by atoms with Gasteiger partial charge in [-0.05, 0) is 31.0 Å². The topological polar surface area (TPSA) is 106 Å². The van der Waals surface area contributed by atoms with E-state index in [1.807, 2.05) is 37.4 Å². The molecule has 0 saturated carbocycles. The van der Waals surface area contributed by atoms with Crippen molar-refractivity contribution in [3.8, 4) is 23.1 Å². The van der Waals surface area contributed by atoms with Crippen LogP contribution in [0.2, 0.25) is 0 Å². The molecule has 0 N–H and O–H groups in total. The van der Waals surface area contributed by atoms with Crippen molar-refractivity contribution >= 4 is 24.3 Å². The van der Waals surface area contributed by atoms with Gasteiger partial charge in [-0.1, -0.05) is 23.4 Å². The van der Waals surface area contributed by atoms with E-state index in [2.05, 4.69) is 41.8 Å². The van der Waals surface area contributed by atoms with Gasteiger partial charge in [0.15, 0.2) is 0 Å². The Hall–Kier alpha value is -4.08. The molecule has 0 fully saturated rings. The summed E-state index contributed by atoms with van der Waals surface area (Å²) < 4.78 is 18.2. The SMILES string of the molecule is C=Nc1nc(-c2noc(-c3ccc(F)nc3)n2)nc(N(C)c2ccccc2)n1. The lowest BCUT2D eigenvalue weighted by molar-refractivity contribution is 0.431. The van der Waals surface area contributed by atoms with Gasteiger partial charge in [0.05, 0.1) is 5.56 Å². The highest BCUT2D eigenvalue weighted by molar-refractivity contribution is 5.60. The van der Waals surface area contributed by atoms with Crippen LogP contribution in [0, 0.1) is 5.95 Å². The first kappa shape index (κ1) is 17.3. The molecule has 0 radical (unpaired) electrons. The van der Waals surface area contributed by atoms with E-state index >= 15 is 0 Å². The molecule has 4 rings (SSSR count). The van der Waals surface area contributed by atoms with Crippen molar-refractivity contribution in [3.05, 3.63) is 54.6 Å². The second-order valence-electron chi connectivity index (χ2n) is 5.60. The number of halogens is 1. The van der Waals surface area contributed by atoms with Crippen LogP contribution in [0.15, 0.2) is 58.2 Å². The number of benzene rings is 1. The summed E-state index contributed by atoms with van der Waals surface area (Å²) in [7, 11) is 1.81. The molecule has 3 heterocycles. The minimum atomic E-state index is -0.601. The van der Waals surface area contributed by atoms with Crippen molar-refractivity contribution in [1.82, 2.24) is 30.1 Å². The zero-order valence-corrected chi connectivity index (χ0v) is 14.7. The molecule has 4 aromatic rings. The Morgan fingerprint density at radius 3 is 2.54 bits per heavy atom. The zero-order chi connectivity index (χ0) is 19.5.